The Morgan fingerprint density at radius 2 is 1.89 bits per heavy atom. The molecule has 0 bridgehead atoms. The van der Waals surface area contributed by atoms with E-state index < -0.39 is 5.82 Å². The van der Waals surface area contributed by atoms with Gasteiger partial charge >= 0.3 is 0 Å². The van der Waals surface area contributed by atoms with Gasteiger partial charge in [-0.3, -0.25) is 0 Å². The molecule has 1 aromatic carbocycles. The first-order valence-electron chi connectivity index (χ1n) is 5.41. The van der Waals surface area contributed by atoms with Gasteiger partial charge in [-0.25, -0.2) is 13.8 Å². The number of nitrogen functional groups attached to an aromatic ring is 1. The Hall–Kier alpha value is -2.24. The second-order valence-corrected chi connectivity index (χ2v) is 3.73. The number of anilines is 2. The first kappa shape index (κ1) is 12.2. The van der Waals surface area contributed by atoms with Gasteiger partial charge in [-0.15, -0.1) is 0 Å². The van der Waals surface area contributed by atoms with Crippen LogP contribution in [0.5, 0.6) is 0 Å². The second kappa shape index (κ2) is 5.39. The Bertz CT molecular complexity index is 528. The molecule has 1 heterocycles. The van der Waals surface area contributed by atoms with Crippen molar-refractivity contribution in [2.75, 3.05) is 17.6 Å². The quantitative estimate of drug-likeness (QED) is 0.871. The maximum atomic E-state index is 13.3. The highest BCUT2D eigenvalue weighted by atomic mass is 19.1. The minimum Gasteiger partial charge on any atom is -0.368 e. The molecule has 1 aromatic heterocycles. The molecule has 0 aliphatic carbocycles. The van der Waals surface area contributed by atoms with Crippen LogP contribution in [0.1, 0.15) is 5.56 Å². The minimum atomic E-state index is -0.552. The fourth-order valence-corrected chi connectivity index (χ4v) is 1.48. The van der Waals surface area contributed by atoms with Gasteiger partial charge in [0.2, 0.25) is 5.95 Å². The van der Waals surface area contributed by atoms with E-state index in [9.17, 15) is 8.78 Å². The summed E-state index contributed by atoms with van der Waals surface area (Å²) >= 11 is 0. The third-order valence-corrected chi connectivity index (χ3v) is 2.38. The summed E-state index contributed by atoms with van der Waals surface area (Å²) < 4.78 is 25.9. The smallest absolute Gasteiger partial charge is 0.222 e. The van der Waals surface area contributed by atoms with Crippen molar-refractivity contribution in [3.63, 3.8) is 0 Å². The van der Waals surface area contributed by atoms with Crippen LogP contribution in [0.2, 0.25) is 0 Å². The van der Waals surface area contributed by atoms with Gasteiger partial charge in [0.05, 0.1) is 6.20 Å². The van der Waals surface area contributed by atoms with Crippen LogP contribution in [-0.4, -0.2) is 16.5 Å². The molecule has 2 aromatic rings. The number of nitrogens with two attached hydrogens (primary N) is 1. The zero-order valence-corrected chi connectivity index (χ0v) is 9.53. The van der Waals surface area contributed by atoms with Crippen LogP contribution < -0.4 is 11.1 Å². The zero-order valence-electron chi connectivity index (χ0n) is 9.53. The Morgan fingerprint density at radius 1 is 1.17 bits per heavy atom. The molecular weight excluding hydrogens is 238 g/mol. The van der Waals surface area contributed by atoms with E-state index in [1.165, 1.54) is 12.1 Å². The molecule has 18 heavy (non-hydrogen) atoms. The van der Waals surface area contributed by atoms with E-state index in [4.69, 9.17) is 5.73 Å². The van der Waals surface area contributed by atoms with Gasteiger partial charge in [-0.2, -0.15) is 4.98 Å². The molecule has 94 valence electrons. The number of nitrogens with zero attached hydrogens (tertiary/aromatic N) is 2. The summed E-state index contributed by atoms with van der Waals surface area (Å²) in [6.45, 7) is 0.471. The molecular formula is C12H12F2N4. The molecule has 0 amide bonds. The molecule has 0 unspecified atom stereocenters. The Balaban J connectivity index is 1.92. The number of halogens is 2. The fourth-order valence-electron chi connectivity index (χ4n) is 1.48. The number of nitrogens with one attached hydrogen (secondary N) is 1. The summed E-state index contributed by atoms with van der Waals surface area (Å²) in [6.07, 6.45) is 1.65. The first-order chi connectivity index (χ1) is 8.65. The maximum Gasteiger partial charge on any atom is 0.222 e. The standard InChI is InChI=1S/C12H12F2N4/c13-9-3-1-8(2-4-9)5-6-16-11-10(14)7-17-12(15)18-11/h1-4,7H,5-6H2,(H3,15,16,17,18). The lowest BCUT2D eigenvalue weighted by atomic mass is 10.1. The van der Waals surface area contributed by atoms with Gasteiger partial charge in [0.25, 0.3) is 0 Å². The Kier molecular flexibility index (Phi) is 3.66. The van der Waals surface area contributed by atoms with Gasteiger partial charge < -0.3 is 11.1 Å². The van der Waals surface area contributed by atoms with E-state index in [0.717, 1.165) is 11.8 Å². The predicted molar refractivity (Wildman–Crippen MR) is 65.0 cm³/mol. The third kappa shape index (κ3) is 3.13. The molecule has 0 radical (unpaired) electrons. The lowest BCUT2D eigenvalue weighted by Gasteiger charge is -2.06. The average Bonchev–Trinajstić information content (AvgIpc) is 2.36. The average molecular weight is 250 g/mol. The molecule has 6 heteroatoms. The number of rotatable bonds is 4. The van der Waals surface area contributed by atoms with Gasteiger partial charge in [0, 0.05) is 6.54 Å². The van der Waals surface area contributed by atoms with E-state index in [-0.39, 0.29) is 17.6 Å². The van der Waals surface area contributed by atoms with E-state index in [2.05, 4.69) is 15.3 Å². The maximum absolute atomic E-state index is 13.3. The van der Waals surface area contributed by atoms with Crippen LogP contribution in [0.4, 0.5) is 20.5 Å². The molecule has 0 atom stereocenters. The Morgan fingerprint density at radius 3 is 2.61 bits per heavy atom. The van der Waals surface area contributed by atoms with Crippen molar-refractivity contribution in [1.29, 1.82) is 0 Å². The van der Waals surface area contributed by atoms with Crippen LogP contribution in [0.15, 0.2) is 30.5 Å². The van der Waals surface area contributed by atoms with E-state index in [0.29, 0.717) is 13.0 Å². The van der Waals surface area contributed by atoms with Gasteiger partial charge in [-0.05, 0) is 24.1 Å². The van der Waals surface area contributed by atoms with Crippen molar-refractivity contribution < 1.29 is 8.78 Å². The molecule has 2 rings (SSSR count). The van der Waals surface area contributed by atoms with Crippen molar-refractivity contribution in [1.82, 2.24) is 9.97 Å². The monoisotopic (exact) mass is 250 g/mol. The van der Waals surface area contributed by atoms with Crippen molar-refractivity contribution in [3.8, 4) is 0 Å². The van der Waals surface area contributed by atoms with Crippen molar-refractivity contribution in [3.05, 3.63) is 47.7 Å². The summed E-state index contributed by atoms with van der Waals surface area (Å²) in [6, 6.07) is 6.14. The molecule has 0 saturated carbocycles. The SMILES string of the molecule is Nc1ncc(F)c(NCCc2ccc(F)cc2)n1. The van der Waals surface area contributed by atoms with E-state index in [1.807, 2.05) is 0 Å². The summed E-state index contributed by atoms with van der Waals surface area (Å²) in [5.41, 5.74) is 6.31. The lowest BCUT2D eigenvalue weighted by Crippen LogP contribution is -2.09. The first-order valence-corrected chi connectivity index (χ1v) is 5.41. The number of benzene rings is 1. The van der Waals surface area contributed by atoms with E-state index >= 15 is 0 Å². The number of hydrogen-bond donors (Lipinski definition) is 2. The molecule has 3 N–H and O–H groups in total. The highest BCUT2D eigenvalue weighted by Crippen LogP contribution is 2.10. The summed E-state index contributed by atoms with van der Waals surface area (Å²) in [7, 11) is 0. The van der Waals surface area contributed by atoms with Crippen molar-refractivity contribution in [2.45, 2.75) is 6.42 Å². The highest BCUT2D eigenvalue weighted by Gasteiger charge is 2.04. The topological polar surface area (TPSA) is 63.8 Å². The molecule has 0 saturated heterocycles. The molecule has 0 aliphatic rings. The number of hydrogen-bond acceptors (Lipinski definition) is 4. The summed E-state index contributed by atoms with van der Waals surface area (Å²) in [5, 5.41) is 2.82. The van der Waals surface area contributed by atoms with Crippen LogP contribution in [0, 0.1) is 11.6 Å². The second-order valence-electron chi connectivity index (χ2n) is 3.73. The summed E-state index contributed by atoms with van der Waals surface area (Å²) in [4.78, 5) is 7.26. The minimum absolute atomic E-state index is 0.0145. The largest absolute Gasteiger partial charge is 0.368 e. The normalized spacial score (nSPS) is 10.3. The van der Waals surface area contributed by atoms with Gasteiger partial charge in [0.15, 0.2) is 11.6 Å². The lowest BCUT2D eigenvalue weighted by molar-refractivity contribution is 0.617. The molecule has 0 aliphatic heterocycles. The van der Waals surface area contributed by atoms with Crippen molar-refractivity contribution >= 4 is 11.8 Å². The van der Waals surface area contributed by atoms with Crippen LogP contribution >= 0.6 is 0 Å². The van der Waals surface area contributed by atoms with Crippen LogP contribution in [0.3, 0.4) is 0 Å². The predicted octanol–water partition coefficient (Wildman–Crippen LogP) is 1.99. The van der Waals surface area contributed by atoms with Gasteiger partial charge in [-0.1, -0.05) is 12.1 Å². The van der Waals surface area contributed by atoms with Crippen molar-refractivity contribution in [2.24, 2.45) is 0 Å². The molecule has 4 nitrogen and oxygen atoms in total. The molecule has 0 spiro atoms. The van der Waals surface area contributed by atoms with Gasteiger partial charge in [0.1, 0.15) is 5.82 Å². The molecule has 0 fully saturated rings. The van der Waals surface area contributed by atoms with E-state index in [1.54, 1.807) is 12.1 Å². The number of aromatic nitrogens is 2. The third-order valence-electron chi connectivity index (χ3n) is 2.38. The highest BCUT2D eigenvalue weighted by molar-refractivity contribution is 5.39. The summed E-state index contributed by atoms with van der Waals surface area (Å²) in [5.74, 6) is -0.741. The van der Waals surface area contributed by atoms with Crippen LogP contribution in [0.25, 0.3) is 0 Å². The van der Waals surface area contributed by atoms with Crippen LogP contribution in [-0.2, 0) is 6.42 Å². The Labute approximate surface area is 103 Å². The zero-order chi connectivity index (χ0) is 13.0. The fraction of sp³-hybridized carbons (Fsp3) is 0.167.